The molecule has 1 heterocycles. The Kier molecular flexibility index (Phi) is 2.45. The molecule has 1 fully saturated rings. The van der Waals surface area contributed by atoms with E-state index in [1.54, 1.807) is 0 Å². The number of carbonyl (C=O) groups excluding carboxylic acids is 2. The second kappa shape index (κ2) is 3.91. The van der Waals surface area contributed by atoms with E-state index in [9.17, 15) is 9.59 Å². The van der Waals surface area contributed by atoms with E-state index in [4.69, 9.17) is 0 Å². The topological polar surface area (TPSA) is 61.8 Å². The third kappa shape index (κ3) is 2.19. The summed E-state index contributed by atoms with van der Waals surface area (Å²) in [5.74, 6) is -0.329. The Bertz CT molecular complexity index is 414. The molecular weight excluding hydrogens is 194 g/mol. The zero-order chi connectivity index (χ0) is 10.7. The molecule has 0 saturated carbocycles. The van der Waals surface area contributed by atoms with Gasteiger partial charge in [-0.2, -0.15) is 5.10 Å². The van der Waals surface area contributed by atoms with Crippen molar-refractivity contribution in [2.24, 2.45) is 5.10 Å². The average Bonchev–Trinajstić information content (AvgIpc) is 2.56. The van der Waals surface area contributed by atoms with Crippen LogP contribution < -0.4 is 5.32 Å². The molecule has 1 aliphatic heterocycles. The van der Waals surface area contributed by atoms with Crippen molar-refractivity contribution in [3.63, 3.8) is 0 Å². The summed E-state index contributed by atoms with van der Waals surface area (Å²) in [4.78, 5) is 21.9. The van der Waals surface area contributed by atoms with Gasteiger partial charge in [-0.25, -0.2) is 9.80 Å². The first kappa shape index (κ1) is 9.39. The van der Waals surface area contributed by atoms with E-state index in [2.05, 4.69) is 10.4 Å². The minimum absolute atomic E-state index is 0.0117. The first-order valence-corrected chi connectivity index (χ1v) is 4.46. The Hall–Kier alpha value is -2.17. The van der Waals surface area contributed by atoms with Crippen LogP contribution in [0.25, 0.3) is 0 Å². The van der Waals surface area contributed by atoms with Crippen molar-refractivity contribution in [2.75, 3.05) is 6.54 Å². The second-order valence-electron chi connectivity index (χ2n) is 3.07. The van der Waals surface area contributed by atoms with Crippen LogP contribution in [0.3, 0.4) is 0 Å². The van der Waals surface area contributed by atoms with Crippen molar-refractivity contribution in [2.45, 2.75) is 0 Å². The Balaban J connectivity index is 2.06. The minimum Gasteiger partial charge on any atom is -0.275 e. The normalized spacial score (nSPS) is 16.1. The van der Waals surface area contributed by atoms with Gasteiger partial charge >= 0.3 is 6.03 Å². The van der Waals surface area contributed by atoms with E-state index in [0.717, 1.165) is 10.6 Å². The van der Waals surface area contributed by atoms with Crippen LogP contribution in [-0.2, 0) is 4.79 Å². The highest BCUT2D eigenvalue weighted by Crippen LogP contribution is 2.00. The predicted octanol–water partition coefficient (Wildman–Crippen LogP) is 0.572. The van der Waals surface area contributed by atoms with Gasteiger partial charge in [-0.3, -0.25) is 10.1 Å². The average molecular weight is 203 g/mol. The molecule has 0 bridgehead atoms. The van der Waals surface area contributed by atoms with E-state index in [1.165, 1.54) is 6.21 Å². The first-order chi connectivity index (χ1) is 7.25. The second-order valence-corrected chi connectivity index (χ2v) is 3.07. The molecule has 2 rings (SSSR count). The maximum absolute atomic E-state index is 11.1. The van der Waals surface area contributed by atoms with Gasteiger partial charge in [0.2, 0.25) is 5.91 Å². The van der Waals surface area contributed by atoms with Crippen molar-refractivity contribution in [3.8, 4) is 0 Å². The van der Waals surface area contributed by atoms with Crippen LogP contribution >= 0.6 is 0 Å². The third-order valence-electron chi connectivity index (χ3n) is 1.92. The van der Waals surface area contributed by atoms with Crippen LogP contribution in [0.4, 0.5) is 4.79 Å². The molecule has 1 aliphatic rings. The molecule has 0 unspecified atom stereocenters. The van der Waals surface area contributed by atoms with Crippen LogP contribution in [0.5, 0.6) is 0 Å². The van der Waals surface area contributed by atoms with Gasteiger partial charge in [0.1, 0.15) is 6.54 Å². The number of hydrazone groups is 1. The minimum atomic E-state index is -0.479. The summed E-state index contributed by atoms with van der Waals surface area (Å²) in [6.07, 6.45) is 1.54. The van der Waals surface area contributed by atoms with Crippen molar-refractivity contribution in [1.82, 2.24) is 10.3 Å². The maximum Gasteiger partial charge on any atom is 0.344 e. The number of nitrogens with one attached hydrogen (secondary N) is 1. The standard InChI is InChI=1S/C10H9N3O2/c14-9-7-13(10(15)12-9)11-6-8-4-2-1-3-5-8/h1-6H,7H2,(H,12,14,15). The molecule has 0 aromatic heterocycles. The predicted molar refractivity (Wildman–Crippen MR) is 54.3 cm³/mol. The van der Waals surface area contributed by atoms with Crippen molar-refractivity contribution in [1.29, 1.82) is 0 Å². The first-order valence-electron chi connectivity index (χ1n) is 4.46. The molecule has 1 aromatic carbocycles. The Labute approximate surface area is 86.4 Å². The molecule has 3 amide bonds. The fraction of sp³-hybridized carbons (Fsp3) is 0.100. The highest BCUT2D eigenvalue weighted by Gasteiger charge is 2.25. The number of benzene rings is 1. The van der Waals surface area contributed by atoms with E-state index in [1.807, 2.05) is 30.3 Å². The summed E-state index contributed by atoms with van der Waals surface area (Å²) >= 11 is 0. The molecule has 0 aliphatic carbocycles. The highest BCUT2D eigenvalue weighted by atomic mass is 16.2. The van der Waals surface area contributed by atoms with Gasteiger partial charge in [0, 0.05) is 0 Å². The highest BCUT2D eigenvalue weighted by molar-refractivity contribution is 6.02. The number of rotatable bonds is 2. The fourth-order valence-electron chi connectivity index (χ4n) is 1.20. The van der Waals surface area contributed by atoms with Gasteiger partial charge in [0.25, 0.3) is 0 Å². The lowest BCUT2D eigenvalue weighted by Gasteiger charge is -2.03. The van der Waals surface area contributed by atoms with E-state index >= 15 is 0 Å². The smallest absolute Gasteiger partial charge is 0.275 e. The monoisotopic (exact) mass is 203 g/mol. The summed E-state index contributed by atoms with van der Waals surface area (Å²) in [6, 6.07) is 8.88. The molecule has 5 nitrogen and oxygen atoms in total. The quantitative estimate of drug-likeness (QED) is 0.564. The number of urea groups is 1. The molecule has 1 saturated heterocycles. The number of imide groups is 1. The van der Waals surface area contributed by atoms with Gasteiger partial charge < -0.3 is 0 Å². The van der Waals surface area contributed by atoms with Gasteiger partial charge in [0.15, 0.2) is 0 Å². The molecule has 1 N–H and O–H groups in total. The van der Waals surface area contributed by atoms with Gasteiger partial charge in [-0.05, 0) is 5.56 Å². The number of nitrogens with zero attached hydrogens (tertiary/aromatic N) is 2. The van der Waals surface area contributed by atoms with E-state index < -0.39 is 6.03 Å². The fourth-order valence-corrected chi connectivity index (χ4v) is 1.20. The van der Waals surface area contributed by atoms with Gasteiger partial charge in [-0.1, -0.05) is 30.3 Å². The van der Waals surface area contributed by atoms with Gasteiger partial charge in [-0.15, -0.1) is 0 Å². The SMILES string of the molecule is O=C1CN(N=Cc2ccccc2)C(=O)N1. The number of amides is 3. The molecule has 76 valence electrons. The molecule has 0 spiro atoms. The lowest BCUT2D eigenvalue weighted by Crippen LogP contribution is -2.24. The molecule has 1 aromatic rings. The zero-order valence-corrected chi connectivity index (χ0v) is 7.88. The van der Waals surface area contributed by atoms with Crippen LogP contribution in [-0.4, -0.2) is 29.7 Å². The zero-order valence-electron chi connectivity index (χ0n) is 7.88. The summed E-state index contributed by atoms with van der Waals surface area (Å²) in [5, 5.41) is 7.13. The van der Waals surface area contributed by atoms with E-state index in [0.29, 0.717) is 0 Å². The van der Waals surface area contributed by atoms with Crippen molar-refractivity contribution < 1.29 is 9.59 Å². The molecular formula is C10H9N3O2. The lowest BCUT2D eigenvalue weighted by atomic mass is 10.2. The van der Waals surface area contributed by atoms with Crippen LogP contribution in [0.2, 0.25) is 0 Å². The van der Waals surface area contributed by atoms with Crippen LogP contribution in [0.1, 0.15) is 5.56 Å². The third-order valence-corrected chi connectivity index (χ3v) is 1.92. The maximum atomic E-state index is 11.1. The molecule has 5 heteroatoms. The molecule has 15 heavy (non-hydrogen) atoms. The molecule has 0 atom stereocenters. The van der Waals surface area contributed by atoms with Gasteiger partial charge in [0.05, 0.1) is 6.21 Å². The number of hydrogen-bond acceptors (Lipinski definition) is 3. The summed E-state index contributed by atoms with van der Waals surface area (Å²) in [6.45, 7) is -0.0117. The Morgan fingerprint density at radius 1 is 1.27 bits per heavy atom. The summed E-state index contributed by atoms with van der Waals surface area (Å²) in [5.41, 5.74) is 0.879. The lowest BCUT2D eigenvalue weighted by molar-refractivity contribution is -0.118. The van der Waals surface area contributed by atoms with Crippen molar-refractivity contribution >= 4 is 18.2 Å². The Morgan fingerprint density at radius 2 is 2.00 bits per heavy atom. The van der Waals surface area contributed by atoms with E-state index in [-0.39, 0.29) is 12.5 Å². The van der Waals surface area contributed by atoms with Crippen LogP contribution in [0.15, 0.2) is 35.4 Å². The van der Waals surface area contributed by atoms with Crippen LogP contribution in [0, 0.1) is 0 Å². The largest absolute Gasteiger partial charge is 0.344 e. The summed E-state index contributed by atoms with van der Waals surface area (Å²) < 4.78 is 0. The summed E-state index contributed by atoms with van der Waals surface area (Å²) in [7, 11) is 0. The van der Waals surface area contributed by atoms with Crippen molar-refractivity contribution in [3.05, 3.63) is 35.9 Å². The number of hydrogen-bond donors (Lipinski definition) is 1. The Morgan fingerprint density at radius 3 is 2.60 bits per heavy atom. The number of carbonyl (C=O) groups is 2. The molecule has 0 radical (unpaired) electrons.